The van der Waals surface area contributed by atoms with Gasteiger partial charge in [0.2, 0.25) is 11.8 Å². The summed E-state index contributed by atoms with van der Waals surface area (Å²) in [6, 6.07) is 13.6. The molecule has 0 heterocycles. The standard InChI is InChI=1S/C19H21FN2O2/c1-14-5-3-8-18(11-14)22(15(2)23)10-9-21-19(24)13-16-6-4-7-17(20)12-16/h3-8,11-12H,9-10,13H2,1-2H3,(H,21,24). The van der Waals surface area contributed by atoms with Gasteiger partial charge >= 0.3 is 0 Å². The first-order chi connectivity index (χ1) is 11.5. The molecule has 0 bridgehead atoms. The fourth-order valence-corrected chi connectivity index (χ4v) is 2.47. The lowest BCUT2D eigenvalue weighted by molar-refractivity contribution is -0.121. The number of benzene rings is 2. The number of carbonyl (C=O) groups is 2. The van der Waals surface area contributed by atoms with E-state index < -0.39 is 0 Å². The van der Waals surface area contributed by atoms with Crippen molar-refractivity contribution in [2.45, 2.75) is 20.3 Å². The number of amides is 2. The molecule has 2 aromatic rings. The van der Waals surface area contributed by atoms with Gasteiger partial charge in [-0.1, -0.05) is 24.3 Å². The molecule has 0 aliphatic heterocycles. The first-order valence-corrected chi connectivity index (χ1v) is 7.81. The number of aryl methyl sites for hydroxylation is 1. The molecule has 0 radical (unpaired) electrons. The van der Waals surface area contributed by atoms with Crippen molar-refractivity contribution in [3.05, 3.63) is 65.5 Å². The van der Waals surface area contributed by atoms with E-state index in [4.69, 9.17) is 0 Å². The number of hydrogen-bond donors (Lipinski definition) is 1. The third kappa shape index (κ3) is 5.19. The second-order valence-corrected chi connectivity index (χ2v) is 5.67. The molecule has 0 aliphatic rings. The van der Waals surface area contributed by atoms with Crippen LogP contribution in [0.5, 0.6) is 0 Å². The summed E-state index contributed by atoms with van der Waals surface area (Å²) in [7, 11) is 0. The Morgan fingerprint density at radius 3 is 2.54 bits per heavy atom. The van der Waals surface area contributed by atoms with Crippen molar-refractivity contribution in [2.24, 2.45) is 0 Å². The van der Waals surface area contributed by atoms with Crippen molar-refractivity contribution < 1.29 is 14.0 Å². The Morgan fingerprint density at radius 2 is 1.88 bits per heavy atom. The van der Waals surface area contributed by atoms with E-state index in [1.54, 1.807) is 17.0 Å². The number of anilines is 1. The van der Waals surface area contributed by atoms with Crippen molar-refractivity contribution in [3.8, 4) is 0 Å². The number of halogens is 1. The Bertz CT molecular complexity index is 731. The van der Waals surface area contributed by atoms with E-state index >= 15 is 0 Å². The Hall–Kier alpha value is -2.69. The largest absolute Gasteiger partial charge is 0.354 e. The second kappa shape index (κ2) is 8.24. The van der Waals surface area contributed by atoms with Crippen LogP contribution in [-0.4, -0.2) is 24.9 Å². The summed E-state index contributed by atoms with van der Waals surface area (Å²) in [5, 5.41) is 2.77. The molecule has 0 saturated carbocycles. The molecule has 2 rings (SSSR count). The molecule has 0 fully saturated rings. The maximum Gasteiger partial charge on any atom is 0.224 e. The summed E-state index contributed by atoms with van der Waals surface area (Å²) in [6.45, 7) is 4.18. The lowest BCUT2D eigenvalue weighted by atomic mass is 10.1. The zero-order valence-corrected chi connectivity index (χ0v) is 13.9. The average molecular weight is 328 g/mol. The van der Waals surface area contributed by atoms with Crippen LogP contribution in [0.25, 0.3) is 0 Å². The second-order valence-electron chi connectivity index (χ2n) is 5.67. The smallest absolute Gasteiger partial charge is 0.224 e. The molecule has 5 heteroatoms. The van der Waals surface area contributed by atoms with Crippen molar-refractivity contribution in [2.75, 3.05) is 18.0 Å². The van der Waals surface area contributed by atoms with E-state index in [2.05, 4.69) is 5.32 Å². The van der Waals surface area contributed by atoms with Crippen LogP contribution in [0, 0.1) is 12.7 Å². The zero-order valence-electron chi connectivity index (χ0n) is 13.9. The molecule has 0 spiro atoms. The van der Waals surface area contributed by atoms with Gasteiger partial charge < -0.3 is 10.2 Å². The van der Waals surface area contributed by atoms with Gasteiger partial charge in [0.15, 0.2) is 0 Å². The normalized spacial score (nSPS) is 10.3. The van der Waals surface area contributed by atoms with Gasteiger partial charge in [-0.25, -0.2) is 4.39 Å². The van der Waals surface area contributed by atoms with Gasteiger partial charge in [0.25, 0.3) is 0 Å². The van der Waals surface area contributed by atoms with Crippen LogP contribution in [0.2, 0.25) is 0 Å². The fourth-order valence-electron chi connectivity index (χ4n) is 2.47. The lowest BCUT2D eigenvalue weighted by Gasteiger charge is -2.21. The maximum absolute atomic E-state index is 13.1. The van der Waals surface area contributed by atoms with Crippen LogP contribution in [-0.2, 0) is 16.0 Å². The van der Waals surface area contributed by atoms with Gasteiger partial charge in [-0.05, 0) is 42.3 Å². The summed E-state index contributed by atoms with van der Waals surface area (Å²) in [5.41, 5.74) is 2.49. The van der Waals surface area contributed by atoms with E-state index in [0.29, 0.717) is 18.7 Å². The van der Waals surface area contributed by atoms with Crippen LogP contribution in [0.15, 0.2) is 48.5 Å². The van der Waals surface area contributed by atoms with Crippen LogP contribution in [0.3, 0.4) is 0 Å². The molecule has 0 unspecified atom stereocenters. The molecule has 0 atom stereocenters. The van der Waals surface area contributed by atoms with E-state index in [0.717, 1.165) is 11.3 Å². The fraction of sp³-hybridized carbons (Fsp3) is 0.263. The molecular formula is C19H21FN2O2. The average Bonchev–Trinajstić information content (AvgIpc) is 2.51. The molecule has 0 saturated heterocycles. The first-order valence-electron chi connectivity index (χ1n) is 7.81. The van der Waals surface area contributed by atoms with Gasteiger partial charge in [0.1, 0.15) is 5.82 Å². The summed E-state index contributed by atoms with van der Waals surface area (Å²) in [5.74, 6) is -0.643. The van der Waals surface area contributed by atoms with E-state index in [1.807, 2.05) is 31.2 Å². The van der Waals surface area contributed by atoms with E-state index in [-0.39, 0.29) is 24.1 Å². The van der Waals surface area contributed by atoms with E-state index in [9.17, 15) is 14.0 Å². The monoisotopic (exact) mass is 328 g/mol. The zero-order chi connectivity index (χ0) is 17.5. The molecule has 0 aromatic heterocycles. The third-order valence-corrected chi connectivity index (χ3v) is 3.60. The minimum absolute atomic E-state index is 0.0834. The van der Waals surface area contributed by atoms with Crippen LogP contribution < -0.4 is 10.2 Å². The van der Waals surface area contributed by atoms with Gasteiger partial charge in [-0.2, -0.15) is 0 Å². The topological polar surface area (TPSA) is 49.4 Å². The minimum Gasteiger partial charge on any atom is -0.354 e. The highest BCUT2D eigenvalue weighted by atomic mass is 19.1. The summed E-state index contributed by atoms with van der Waals surface area (Å²) < 4.78 is 13.1. The van der Waals surface area contributed by atoms with Crippen molar-refractivity contribution >= 4 is 17.5 Å². The Labute approximate surface area is 141 Å². The highest BCUT2D eigenvalue weighted by Gasteiger charge is 2.12. The molecule has 2 amide bonds. The number of carbonyl (C=O) groups excluding carboxylic acids is 2. The Morgan fingerprint density at radius 1 is 1.12 bits per heavy atom. The van der Waals surface area contributed by atoms with Gasteiger partial charge in [-0.15, -0.1) is 0 Å². The first kappa shape index (κ1) is 17.7. The predicted molar refractivity (Wildman–Crippen MR) is 92.3 cm³/mol. The molecule has 1 N–H and O–H groups in total. The maximum atomic E-state index is 13.1. The highest BCUT2D eigenvalue weighted by Crippen LogP contribution is 2.15. The number of nitrogens with one attached hydrogen (secondary N) is 1. The Balaban J connectivity index is 1.89. The molecule has 2 aromatic carbocycles. The molecule has 0 aliphatic carbocycles. The lowest BCUT2D eigenvalue weighted by Crippen LogP contribution is -2.38. The number of nitrogens with zero attached hydrogens (tertiary/aromatic N) is 1. The number of rotatable bonds is 6. The number of hydrogen-bond acceptors (Lipinski definition) is 2. The summed E-state index contributed by atoms with van der Waals surface area (Å²) in [6.07, 6.45) is 0.113. The molecule has 4 nitrogen and oxygen atoms in total. The Kier molecular flexibility index (Phi) is 6.07. The highest BCUT2D eigenvalue weighted by molar-refractivity contribution is 5.91. The molecule has 24 heavy (non-hydrogen) atoms. The predicted octanol–water partition coefficient (Wildman–Crippen LogP) is 2.85. The van der Waals surface area contributed by atoms with Crippen molar-refractivity contribution in [3.63, 3.8) is 0 Å². The van der Waals surface area contributed by atoms with Gasteiger partial charge in [0.05, 0.1) is 6.42 Å². The van der Waals surface area contributed by atoms with Gasteiger partial charge in [0, 0.05) is 25.7 Å². The third-order valence-electron chi connectivity index (χ3n) is 3.60. The van der Waals surface area contributed by atoms with Crippen LogP contribution in [0.4, 0.5) is 10.1 Å². The summed E-state index contributed by atoms with van der Waals surface area (Å²) >= 11 is 0. The molecule has 126 valence electrons. The van der Waals surface area contributed by atoms with Crippen molar-refractivity contribution in [1.29, 1.82) is 0 Å². The molecular weight excluding hydrogens is 307 g/mol. The quantitative estimate of drug-likeness (QED) is 0.886. The van der Waals surface area contributed by atoms with E-state index in [1.165, 1.54) is 19.1 Å². The summed E-state index contributed by atoms with van der Waals surface area (Å²) in [4.78, 5) is 25.4. The van der Waals surface area contributed by atoms with Crippen molar-refractivity contribution in [1.82, 2.24) is 5.32 Å². The minimum atomic E-state index is -0.359. The SMILES string of the molecule is CC(=O)N(CCNC(=O)Cc1cccc(F)c1)c1cccc(C)c1. The van der Waals surface area contributed by atoms with Gasteiger partial charge in [-0.3, -0.25) is 9.59 Å². The van der Waals surface area contributed by atoms with Crippen LogP contribution in [0.1, 0.15) is 18.1 Å². The van der Waals surface area contributed by atoms with Crippen LogP contribution >= 0.6 is 0 Å².